The number of carbonyl (C=O) groups is 2. The molecule has 2 rings (SSSR count). The van der Waals surface area contributed by atoms with Crippen LogP contribution in [0.15, 0.2) is 0 Å². The van der Waals surface area contributed by atoms with Gasteiger partial charge >= 0.3 is 5.97 Å². The van der Waals surface area contributed by atoms with Crippen LogP contribution in [0.5, 0.6) is 0 Å². The summed E-state index contributed by atoms with van der Waals surface area (Å²) in [5.41, 5.74) is -0.421. The van der Waals surface area contributed by atoms with Gasteiger partial charge in [-0.1, -0.05) is 13.3 Å². The van der Waals surface area contributed by atoms with Crippen LogP contribution in [-0.4, -0.2) is 46.6 Å². The molecule has 1 unspecified atom stereocenters. The summed E-state index contributed by atoms with van der Waals surface area (Å²) in [6.07, 6.45) is 5.82. The van der Waals surface area contributed by atoms with Crippen molar-refractivity contribution in [2.24, 2.45) is 0 Å². The fourth-order valence-electron chi connectivity index (χ4n) is 3.06. The number of hydrogen-bond acceptors (Lipinski definition) is 3. The van der Waals surface area contributed by atoms with Crippen molar-refractivity contribution in [2.45, 2.75) is 63.5 Å². The molecular weight excluding hydrogens is 244 g/mol. The molecule has 0 radical (unpaired) electrons. The molecule has 0 spiro atoms. The number of amides is 1. The van der Waals surface area contributed by atoms with E-state index < -0.39 is 11.5 Å². The van der Waals surface area contributed by atoms with E-state index in [2.05, 4.69) is 12.2 Å². The molecule has 1 saturated carbocycles. The molecule has 2 aliphatic rings. The summed E-state index contributed by atoms with van der Waals surface area (Å²) in [6.45, 7) is 3.34. The van der Waals surface area contributed by atoms with Crippen molar-refractivity contribution in [2.75, 3.05) is 13.1 Å². The number of rotatable bonds is 7. The van der Waals surface area contributed by atoms with Crippen LogP contribution < -0.4 is 5.32 Å². The number of hydrogen-bond donors (Lipinski definition) is 2. The lowest BCUT2D eigenvalue weighted by Gasteiger charge is -2.34. The monoisotopic (exact) mass is 268 g/mol. The molecule has 0 aromatic heterocycles. The molecule has 5 heteroatoms. The fourth-order valence-corrected chi connectivity index (χ4v) is 3.06. The van der Waals surface area contributed by atoms with Gasteiger partial charge in [0.2, 0.25) is 5.91 Å². The summed E-state index contributed by atoms with van der Waals surface area (Å²) in [4.78, 5) is 25.4. The van der Waals surface area contributed by atoms with Crippen LogP contribution >= 0.6 is 0 Å². The predicted molar refractivity (Wildman–Crippen MR) is 71.9 cm³/mol. The summed E-state index contributed by atoms with van der Waals surface area (Å²) >= 11 is 0. The van der Waals surface area contributed by atoms with E-state index in [9.17, 15) is 9.59 Å². The third kappa shape index (κ3) is 3.26. The number of carbonyl (C=O) groups excluding carboxylic acids is 1. The number of nitrogens with zero attached hydrogens (tertiary/aromatic N) is 1. The lowest BCUT2D eigenvalue weighted by molar-refractivity contribution is -0.141. The molecule has 2 fully saturated rings. The highest BCUT2D eigenvalue weighted by Gasteiger charge is 2.45. The van der Waals surface area contributed by atoms with Crippen LogP contribution in [0.1, 0.15) is 51.9 Å². The van der Waals surface area contributed by atoms with E-state index in [-0.39, 0.29) is 18.4 Å². The molecule has 1 atom stereocenters. The van der Waals surface area contributed by atoms with E-state index in [4.69, 9.17) is 5.11 Å². The van der Waals surface area contributed by atoms with Crippen LogP contribution in [-0.2, 0) is 9.59 Å². The van der Waals surface area contributed by atoms with Gasteiger partial charge in [0, 0.05) is 12.6 Å². The quantitative estimate of drug-likeness (QED) is 0.732. The number of aliphatic carboxylic acids is 1. The number of carboxylic acids is 1. The molecule has 1 aliphatic heterocycles. The van der Waals surface area contributed by atoms with E-state index in [1.165, 1.54) is 0 Å². The third-order valence-electron chi connectivity index (χ3n) is 4.14. The third-order valence-corrected chi connectivity index (χ3v) is 4.14. The molecule has 1 aliphatic carbocycles. The fraction of sp³-hybridized carbons (Fsp3) is 0.857. The Labute approximate surface area is 114 Å². The average Bonchev–Trinajstić information content (AvgIpc) is 3.09. The van der Waals surface area contributed by atoms with E-state index in [0.717, 1.165) is 45.1 Å². The highest BCUT2D eigenvalue weighted by Crippen LogP contribution is 2.33. The van der Waals surface area contributed by atoms with Crippen molar-refractivity contribution in [3.8, 4) is 0 Å². The van der Waals surface area contributed by atoms with Gasteiger partial charge in [0.1, 0.15) is 0 Å². The van der Waals surface area contributed by atoms with Crippen LogP contribution in [0.2, 0.25) is 0 Å². The lowest BCUT2D eigenvalue weighted by Crippen LogP contribution is -2.55. The highest BCUT2D eigenvalue weighted by atomic mass is 16.4. The summed E-state index contributed by atoms with van der Waals surface area (Å²) < 4.78 is 0. The zero-order valence-electron chi connectivity index (χ0n) is 11.7. The minimum absolute atomic E-state index is 0.0461. The van der Waals surface area contributed by atoms with Crippen molar-refractivity contribution < 1.29 is 14.7 Å². The SMILES string of the molecule is CCCC1(C(=O)N(CCC(=O)O)C2CC2)CCCN1. The number of carboxylic acid groups (broad SMARTS) is 1. The Bertz CT molecular complexity index is 347. The first-order valence-corrected chi connectivity index (χ1v) is 7.37. The maximum atomic E-state index is 12.8. The second kappa shape index (κ2) is 5.90. The Morgan fingerprint density at radius 2 is 2.16 bits per heavy atom. The van der Waals surface area contributed by atoms with Crippen molar-refractivity contribution in [1.82, 2.24) is 10.2 Å². The summed E-state index contributed by atoms with van der Waals surface area (Å²) in [5.74, 6) is -0.696. The maximum absolute atomic E-state index is 12.8. The van der Waals surface area contributed by atoms with Crippen LogP contribution in [0.3, 0.4) is 0 Å². The van der Waals surface area contributed by atoms with Gasteiger partial charge in [0.05, 0.1) is 12.0 Å². The van der Waals surface area contributed by atoms with Crippen molar-refractivity contribution in [3.05, 3.63) is 0 Å². The Morgan fingerprint density at radius 3 is 2.63 bits per heavy atom. The van der Waals surface area contributed by atoms with Gasteiger partial charge < -0.3 is 15.3 Å². The Morgan fingerprint density at radius 1 is 1.42 bits per heavy atom. The topological polar surface area (TPSA) is 69.6 Å². The molecule has 19 heavy (non-hydrogen) atoms. The Hall–Kier alpha value is -1.10. The standard InChI is InChI=1S/C14H24N2O3/c1-2-7-14(8-3-9-15-14)13(19)16(11-4-5-11)10-6-12(17)18/h11,15H,2-10H2,1H3,(H,17,18). The van der Waals surface area contributed by atoms with E-state index >= 15 is 0 Å². The van der Waals surface area contributed by atoms with Gasteiger partial charge in [-0.2, -0.15) is 0 Å². The van der Waals surface area contributed by atoms with Crippen LogP contribution in [0, 0.1) is 0 Å². The smallest absolute Gasteiger partial charge is 0.305 e. The van der Waals surface area contributed by atoms with Crippen molar-refractivity contribution >= 4 is 11.9 Å². The lowest BCUT2D eigenvalue weighted by atomic mass is 9.90. The summed E-state index contributed by atoms with van der Waals surface area (Å²) in [5, 5.41) is 12.2. The van der Waals surface area contributed by atoms with Crippen molar-refractivity contribution in [1.29, 1.82) is 0 Å². The first kappa shape index (κ1) is 14.3. The molecule has 108 valence electrons. The molecule has 1 amide bonds. The molecule has 5 nitrogen and oxygen atoms in total. The molecule has 0 aromatic rings. The molecule has 1 heterocycles. The first-order valence-electron chi connectivity index (χ1n) is 7.37. The molecule has 0 bridgehead atoms. The zero-order chi connectivity index (χ0) is 13.9. The van der Waals surface area contributed by atoms with E-state index in [0.29, 0.717) is 6.54 Å². The Kier molecular flexibility index (Phi) is 4.45. The number of nitrogens with one attached hydrogen (secondary N) is 1. The normalized spacial score (nSPS) is 26.4. The van der Waals surface area contributed by atoms with Crippen LogP contribution in [0.4, 0.5) is 0 Å². The summed E-state index contributed by atoms with van der Waals surface area (Å²) in [7, 11) is 0. The zero-order valence-corrected chi connectivity index (χ0v) is 11.7. The second-order valence-corrected chi connectivity index (χ2v) is 5.74. The molecular formula is C14H24N2O3. The van der Waals surface area contributed by atoms with Gasteiger partial charge in [0.15, 0.2) is 0 Å². The highest BCUT2D eigenvalue weighted by molar-refractivity contribution is 5.87. The van der Waals surface area contributed by atoms with Gasteiger partial charge in [0.25, 0.3) is 0 Å². The molecule has 0 aromatic carbocycles. The van der Waals surface area contributed by atoms with Gasteiger partial charge in [-0.15, -0.1) is 0 Å². The largest absolute Gasteiger partial charge is 0.481 e. The summed E-state index contributed by atoms with van der Waals surface area (Å²) in [6, 6.07) is 0.281. The van der Waals surface area contributed by atoms with E-state index in [1.807, 2.05) is 4.90 Å². The van der Waals surface area contributed by atoms with Gasteiger partial charge in [-0.3, -0.25) is 9.59 Å². The first-order chi connectivity index (χ1) is 9.09. The predicted octanol–water partition coefficient (Wildman–Crippen LogP) is 1.37. The van der Waals surface area contributed by atoms with Gasteiger partial charge in [-0.05, 0) is 38.6 Å². The Balaban J connectivity index is 2.06. The molecule has 1 saturated heterocycles. The van der Waals surface area contributed by atoms with Crippen LogP contribution in [0.25, 0.3) is 0 Å². The minimum Gasteiger partial charge on any atom is -0.481 e. The van der Waals surface area contributed by atoms with Gasteiger partial charge in [-0.25, -0.2) is 0 Å². The van der Waals surface area contributed by atoms with Crippen molar-refractivity contribution in [3.63, 3.8) is 0 Å². The second-order valence-electron chi connectivity index (χ2n) is 5.74. The average molecular weight is 268 g/mol. The minimum atomic E-state index is -0.831. The molecule has 2 N–H and O–H groups in total. The van der Waals surface area contributed by atoms with E-state index in [1.54, 1.807) is 0 Å². The maximum Gasteiger partial charge on any atom is 0.305 e.